The first-order valence-electron chi connectivity index (χ1n) is 8.73. The zero-order valence-corrected chi connectivity index (χ0v) is 15.8. The minimum absolute atomic E-state index is 0.0217. The van der Waals surface area contributed by atoms with Crippen molar-refractivity contribution >= 4 is 10.0 Å². The average Bonchev–Trinajstić information content (AvgIpc) is 3.00. The number of phenols is 1. The molecule has 0 aromatic heterocycles. The van der Waals surface area contributed by atoms with Crippen LogP contribution >= 0.6 is 0 Å². The number of hydrogen-bond acceptors (Lipinski definition) is 6. The number of benzene rings is 2. The predicted molar refractivity (Wildman–Crippen MR) is 101 cm³/mol. The summed E-state index contributed by atoms with van der Waals surface area (Å²) in [5.41, 5.74) is 1.69. The second-order valence-electron chi connectivity index (χ2n) is 6.64. The van der Waals surface area contributed by atoms with Gasteiger partial charge in [0.25, 0.3) is 0 Å². The van der Waals surface area contributed by atoms with Crippen LogP contribution in [0.25, 0.3) is 0 Å². The van der Waals surface area contributed by atoms with E-state index in [1.165, 1.54) is 0 Å². The SMILES string of the molecule is Cc1ccc(S(=O)(=O)NC[C@H]2OC[C@@H](NCc3ccccc3O)[C@@H]2O)cc1. The molecule has 8 heteroatoms. The monoisotopic (exact) mass is 392 g/mol. The molecule has 0 bridgehead atoms. The molecule has 1 saturated heterocycles. The van der Waals surface area contributed by atoms with Crippen molar-refractivity contribution in [1.82, 2.24) is 10.0 Å². The van der Waals surface area contributed by atoms with E-state index in [-0.39, 0.29) is 29.8 Å². The minimum atomic E-state index is -3.66. The molecule has 7 nitrogen and oxygen atoms in total. The van der Waals surface area contributed by atoms with Crippen LogP contribution < -0.4 is 10.0 Å². The topological polar surface area (TPSA) is 108 Å². The number of ether oxygens (including phenoxy) is 1. The molecule has 146 valence electrons. The van der Waals surface area contributed by atoms with E-state index in [0.717, 1.165) is 5.56 Å². The zero-order valence-electron chi connectivity index (χ0n) is 15.0. The van der Waals surface area contributed by atoms with Crippen molar-refractivity contribution in [2.45, 2.75) is 36.6 Å². The summed E-state index contributed by atoms with van der Waals surface area (Å²) in [6.07, 6.45) is -1.51. The molecule has 0 spiro atoms. The van der Waals surface area contributed by atoms with Gasteiger partial charge in [-0.3, -0.25) is 0 Å². The number of nitrogens with one attached hydrogen (secondary N) is 2. The minimum Gasteiger partial charge on any atom is -0.508 e. The zero-order chi connectivity index (χ0) is 19.4. The summed E-state index contributed by atoms with van der Waals surface area (Å²) >= 11 is 0. The molecular formula is C19H24N2O5S. The first-order chi connectivity index (χ1) is 12.9. The largest absolute Gasteiger partial charge is 0.508 e. The number of aromatic hydroxyl groups is 1. The number of aliphatic hydroxyl groups is 1. The van der Waals surface area contributed by atoms with E-state index in [1.807, 2.05) is 13.0 Å². The van der Waals surface area contributed by atoms with Gasteiger partial charge >= 0.3 is 0 Å². The Morgan fingerprint density at radius 2 is 1.85 bits per heavy atom. The van der Waals surface area contributed by atoms with Crippen LogP contribution in [-0.4, -0.2) is 50.0 Å². The maximum absolute atomic E-state index is 12.3. The molecule has 0 amide bonds. The second kappa shape index (κ2) is 8.37. The number of phenolic OH excluding ortho intramolecular Hbond substituents is 1. The van der Waals surface area contributed by atoms with Crippen molar-refractivity contribution in [1.29, 1.82) is 0 Å². The molecule has 3 rings (SSSR count). The van der Waals surface area contributed by atoms with E-state index in [1.54, 1.807) is 42.5 Å². The third kappa shape index (κ3) is 4.85. The van der Waals surface area contributed by atoms with Crippen molar-refractivity contribution in [3.05, 3.63) is 59.7 Å². The molecule has 2 aromatic rings. The van der Waals surface area contributed by atoms with E-state index in [2.05, 4.69) is 10.0 Å². The van der Waals surface area contributed by atoms with Gasteiger partial charge in [-0.25, -0.2) is 13.1 Å². The third-order valence-electron chi connectivity index (χ3n) is 4.64. The Kier molecular flexibility index (Phi) is 6.13. The highest BCUT2D eigenvalue weighted by Gasteiger charge is 2.36. The summed E-state index contributed by atoms with van der Waals surface area (Å²) in [4.78, 5) is 0.176. The van der Waals surface area contributed by atoms with Gasteiger partial charge in [0.05, 0.1) is 29.8 Å². The molecule has 1 aliphatic rings. The Morgan fingerprint density at radius 1 is 1.15 bits per heavy atom. The molecule has 1 aliphatic heterocycles. The Hall–Kier alpha value is -1.97. The van der Waals surface area contributed by atoms with Crippen molar-refractivity contribution in [3.63, 3.8) is 0 Å². The van der Waals surface area contributed by atoms with E-state index in [4.69, 9.17) is 4.74 Å². The molecule has 2 aromatic carbocycles. The van der Waals surface area contributed by atoms with Gasteiger partial charge in [0, 0.05) is 18.7 Å². The number of aryl methyl sites for hydroxylation is 1. The molecule has 1 fully saturated rings. The van der Waals surface area contributed by atoms with Crippen molar-refractivity contribution < 1.29 is 23.4 Å². The molecule has 0 saturated carbocycles. The second-order valence-corrected chi connectivity index (χ2v) is 8.41. The van der Waals surface area contributed by atoms with E-state index < -0.39 is 22.2 Å². The predicted octanol–water partition coefficient (Wildman–Crippen LogP) is 0.897. The Balaban J connectivity index is 1.53. The summed E-state index contributed by atoms with van der Waals surface area (Å²) in [6, 6.07) is 13.1. The molecule has 4 N–H and O–H groups in total. The van der Waals surface area contributed by atoms with Crippen LogP contribution in [0.2, 0.25) is 0 Å². The van der Waals surface area contributed by atoms with Gasteiger partial charge in [-0.15, -0.1) is 0 Å². The summed E-state index contributed by atoms with van der Waals surface area (Å²) in [5.74, 6) is 0.181. The molecule has 0 unspecified atom stereocenters. The normalized spacial score (nSPS) is 22.8. The van der Waals surface area contributed by atoms with Crippen molar-refractivity contribution in [2.24, 2.45) is 0 Å². The lowest BCUT2D eigenvalue weighted by atomic mass is 10.1. The van der Waals surface area contributed by atoms with Crippen LogP contribution in [0.5, 0.6) is 5.75 Å². The van der Waals surface area contributed by atoms with Crippen LogP contribution in [0, 0.1) is 6.92 Å². The van der Waals surface area contributed by atoms with Crippen LogP contribution in [0.4, 0.5) is 0 Å². The van der Waals surface area contributed by atoms with Crippen molar-refractivity contribution in [2.75, 3.05) is 13.2 Å². The number of sulfonamides is 1. The molecule has 0 radical (unpaired) electrons. The summed E-state index contributed by atoms with van der Waals surface area (Å²) < 4.78 is 32.7. The number of aliphatic hydroxyl groups excluding tert-OH is 1. The number of rotatable bonds is 7. The number of hydrogen-bond donors (Lipinski definition) is 4. The fourth-order valence-corrected chi connectivity index (χ4v) is 3.98. The molecular weight excluding hydrogens is 368 g/mol. The Bertz CT molecular complexity index is 870. The first-order valence-corrected chi connectivity index (χ1v) is 10.2. The van der Waals surface area contributed by atoms with Gasteiger partial charge < -0.3 is 20.3 Å². The molecule has 3 atom stereocenters. The van der Waals surface area contributed by atoms with Gasteiger partial charge in [0.2, 0.25) is 10.0 Å². The quantitative estimate of drug-likeness (QED) is 0.558. The fraction of sp³-hybridized carbons (Fsp3) is 0.368. The highest BCUT2D eigenvalue weighted by Crippen LogP contribution is 2.19. The maximum atomic E-state index is 12.3. The summed E-state index contributed by atoms with van der Waals surface area (Å²) in [7, 11) is -3.66. The summed E-state index contributed by atoms with van der Waals surface area (Å²) in [6.45, 7) is 2.49. The highest BCUT2D eigenvalue weighted by molar-refractivity contribution is 7.89. The Labute approximate surface area is 159 Å². The average molecular weight is 392 g/mol. The Morgan fingerprint density at radius 3 is 2.56 bits per heavy atom. The lowest BCUT2D eigenvalue weighted by Crippen LogP contribution is -2.44. The van der Waals surface area contributed by atoms with Gasteiger partial charge in [-0.2, -0.15) is 0 Å². The van der Waals surface area contributed by atoms with E-state index in [0.29, 0.717) is 12.1 Å². The maximum Gasteiger partial charge on any atom is 0.240 e. The lowest BCUT2D eigenvalue weighted by Gasteiger charge is -2.19. The van der Waals surface area contributed by atoms with Crippen LogP contribution in [-0.2, 0) is 21.3 Å². The van der Waals surface area contributed by atoms with Crippen LogP contribution in [0.15, 0.2) is 53.4 Å². The first kappa shape index (κ1) is 19.8. The van der Waals surface area contributed by atoms with Crippen LogP contribution in [0.1, 0.15) is 11.1 Å². The third-order valence-corrected chi connectivity index (χ3v) is 6.07. The highest BCUT2D eigenvalue weighted by atomic mass is 32.2. The molecule has 27 heavy (non-hydrogen) atoms. The van der Waals surface area contributed by atoms with E-state index >= 15 is 0 Å². The summed E-state index contributed by atoms with van der Waals surface area (Å²) in [5, 5.41) is 23.3. The fourth-order valence-electron chi connectivity index (χ4n) is 2.94. The van der Waals surface area contributed by atoms with Crippen molar-refractivity contribution in [3.8, 4) is 5.75 Å². The van der Waals surface area contributed by atoms with Gasteiger partial charge in [-0.1, -0.05) is 35.9 Å². The van der Waals surface area contributed by atoms with Gasteiger partial charge in [-0.05, 0) is 25.1 Å². The standard InChI is InChI=1S/C19H24N2O5S/c1-13-6-8-15(9-7-13)27(24,25)21-11-18-19(23)16(12-26-18)20-10-14-4-2-3-5-17(14)22/h2-9,16,18-23H,10-12H2,1H3/t16-,18-,19+/m1/s1. The van der Waals surface area contributed by atoms with E-state index in [9.17, 15) is 18.6 Å². The van der Waals surface area contributed by atoms with Crippen LogP contribution in [0.3, 0.4) is 0 Å². The van der Waals surface area contributed by atoms with Gasteiger partial charge in [0.1, 0.15) is 5.75 Å². The molecule has 1 heterocycles. The lowest BCUT2D eigenvalue weighted by molar-refractivity contribution is 0.0443. The smallest absolute Gasteiger partial charge is 0.240 e. The van der Waals surface area contributed by atoms with Gasteiger partial charge in [0.15, 0.2) is 0 Å². The number of para-hydroxylation sites is 1. The molecule has 0 aliphatic carbocycles.